The maximum atomic E-state index is 12.8. The lowest BCUT2D eigenvalue weighted by molar-refractivity contribution is -0.138. The number of rotatable bonds is 3. The summed E-state index contributed by atoms with van der Waals surface area (Å²) in [6, 6.07) is 0.0904. The molecule has 23 heavy (non-hydrogen) atoms. The van der Waals surface area contributed by atoms with E-state index in [-0.39, 0.29) is 6.04 Å². The van der Waals surface area contributed by atoms with Crippen molar-refractivity contribution in [2.45, 2.75) is 57.9 Å². The Bertz CT molecular complexity index is 522. The highest BCUT2D eigenvalue weighted by Gasteiger charge is 2.31. The standard InChI is InChI=1S/C17H28N4O2/c1-13-18-16(23-19-13)12-14-7-10-21(11-8-14)17(22)15-6-4-3-5-9-20(15)2/h14-15H,3-12H2,1-2H3/t15-/m0/s1. The number of hydrogen-bond donors (Lipinski definition) is 0. The van der Waals surface area contributed by atoms with Gasteiger partial charge in [0.1, 0.15) is 0 Å². The number of nitrogens with zero attached hydrogens (tertiary/aromatic N) is 4. The van der Waals surface area contributed by atoms with Gasteiger partial charge >= 0.3 is 0 Å². The Balaban J connectivity index is 1.50. The van der Waals surface area contributed by atoms with E-state index in [1.54, 1.807) is 0 Å². The fourth-order valence-corrected chi connectivity index (χ4v) is 3.80. The van der Waals surface area contributed by atoms with Crippen LogP contribution in [-0.4, -0.2) is 58.6 Å². The van der Waals surface area contributed by atoms with Crippen LogP contribution in [0.25, 0.3) is 0 Å². The number of likely N-dealkylation sites (tertiary alicyclic amines) is 2. The highest BCUT2D eigenvalue weighted by molar-refractivity contribution is 5.82. The summed E-state index contributed by atoms with van der Waals surface area (Å²) < 4.78 is 5.22. The van der Waals surface area contributed by atoms with Crippen LogP contribution in [0.5, 0.6) is 0 Å². The molecule has 0 saturated carbocycles. The van der Waals surface area contributed by atoms with Gasteiger partial charge in [-0.3, -0.25) is 9.69 Å². The van der Waals surface area contributed by atoms with E-state index in [4.69, 9.17) is 4.52 Å². The van der Waals surface area contributed by atoms with Crippen molar-refractivity contribution in [3.63, 3.8) is 0 Å². The number of carbonyl (C=O) groups excluding carboxylic acids is 1. The van der Waals surface area contributed by atoms with Crippen LogP contribution in [0, 0.1) is 12.8 Å². The summed E-state index contributed by atoms with van der Waals surface area (Å²) in [6.45, 7) is 4.61. The van der Waals surface area contributed by atoms with E-state index in [0.29, 0.717) is 17.6 Å². The third-order valence-electron chi connectivity index (χ3n) is 5.26. The van der Waals surface area contributed by atoms with Gasteiger partial charge in [0.15, 0.2) is 5.82 Å². The fourth-order valence-electron chi connectivity index (χ4n) is 3.80. The molecule has 6 heteroatoms. The Hall–Kier alpha value is -1.43. The molecule has 128 valence electrons. The molecule has 0 aromatic carbocycles. The lowest BCUT2D eigenvalue weighted by Gasteiger charge is -2.36. The molecule has 0 N–H and O–H groups in total. The summed E-state index contributed by atoms with van der Waals surface area (Å²) in [6.07, 6.45) is 7.55. The molecule has 0 aliphatic carbocycles. The van der Waals surface area contributed by atoms with Gasteiger partial charge in [-0.25, -0.2) is 0 Å². The first kappa shape index (κ1) is 16.4. The molecule has 2 fully saturated rings. The molecule has 2 aliphatic heterocycles. The molecule has 1 aromatic rings. The second-order valence-electron chi connectivity index (χ2n) is 7.05. The minimum atomic E-state index is 0.0904. The summed E-state index contributed by atoms with van der Waals surface area (Å²) in [7, 11) is 2.10. The SMILES string of the molecule is Cc1noc(CC2CCN(C(=O)[C@@H]3CCCCCN3C)CC2)n1. The van der Waals surface area contributed by atoms with E-state index in [0.717, 1.165) is 51.2 Å². The number of hydrogen-bond acceptors (Lipinski definition) is 5. The zero-order chi connectivity index (χ0) is 16.2. The summed E-state index contributed by atoms with van der Waals surface area (Å²) in [5, 5.41) is 3.85. The number of carbonyl (C=O) groups is 1. The quantitative estimate of drug-likeness (QED) is 0.853. The molecule has 1 aromatic heterocycles. The Kier molecular flexibility index (Phi) is 5.30. The third-order valence-corrected chi connectivity index (χ3v) is 5.26. The monoisotopic (exact) mass is 320 g/mol. The fraction of sp³-hybridized carbons (Fsp3) is 0.824. The van der Waals surface area contributed by atoms with E-state index in [1.807, 2.05) is 6.92 Å². The van der Waals surface area contributed by atoms with Crippen molar-refractivity contribution in [2.75, 3.05) is 26.7 Å². The predicted molar refractivity (Wildman–Crippen MR) is 86.9 cm³/mol. The Morgan fingerprint density at radius 1 is 1.17 bits per heavy atom. The topological polar surface area (TPSA) is 62.5 Å². The summed E-state index contributed by atoms with van der Waals surface area (Å²) in [4.78, 5) is 21.4. The van der Waals surface area contributed by atoms with Crippen molar-refractivity contribution in [1.29, 1.82) is 0 Å². The molecule has 2 saturated heterocycles. The summed E-state index contributed by atoms with van der Waals surface area (Å²) in [5.41, 5.74) is 0. The van der Waals surface area contributed by atoms with Crippen LogP contribution in [0.1, 0.15) is 50.2 Å². The third kappa shape index (κ3) is 4.10. The number of amides is 1. The van der Waals surface area contributed by atoms with Gasteiger partial charge in [-0.15, -0.1) is 0 Å². The molecular formula is C17H28N4O2. The average molecular weight is 320 g/mol. The van der Waals surface area contributed by atoms with Crippen molar-refractivity contribution in [3.8, 4) is 0 Å². The van der Waals surface area contributed by atoms with Crippen LogP contribution < -0.4 is 0 Å². The minimum Gasteiger partial charge on any atom is -0.341 e. The average Bonchev–Trinajstić information content (AvgIpc) is 2.83. The van der Waals surface area contributed by atoms with E-state index in [1.165, 1.54) is 19.3 Å². The highest BCUT2D eigenvalue weighted by atomic mass is 16.5. The van der Waals surface area contributed by atoms with Crippen molar-refractivity contribution in [2.24, 2.45) is 5.92 Å². The van der Waals surface area contributed by atoms with Crippen LogP contribution >= 0.6 is 0 Å². The summed E-state index contributed by atoms with van der Waals surface area (Å²) in [5.74, 6) is 2.31. The van der Waals surface area contributed by atoms with Crippen LogP contribution in [0.4, 0.5) is 0 Å². The molecule has 1 atom stereocenters. The lowest BCUT2D eigenvalue weighted by atomic mass is 9.93. The second kappa shape index (κ2) is 7.43. The molecule has 0 spiro atoms. The highest BCUT2D eigenvalue weighted by Crippen LogP contribution is 2.24. The van der Waals surface area contributed by atoms with Crippen molar-refractivity contribution in [1.82, 2.24) is 19.9 Å². The van der Waals surface area contributed by atoms with Crippen LogP contribution in [0.3, 0.4) is 0 Å². The second-order valence-corrected chi connectivity index (χ2v) is 7.05. The van der Waals surface area contributed by atoms with Crippen LogP contribution in [-0.2, 0) is 11.2 Å². The molecule has 3 heterocycles. The maximum absolute atomic E-state index is 12.8. The molecule has 2 aliphatic rings. The Labute approximate surface area is 138 Å². The molecule has 0 radical (unpaired) electrons. The zero-order valence-corrected chi connectivity index (χ0v) is 14.3. The molecule has 0 bridgehead atoms. The molecule has 1 amide bonds. The van der Waals surface area contributed by atoms with Crippen molar-refractivity contribution < 1.29 is 9.32 Å². The lowest BCUT2D eigenvalue weighted by Crippen LogP contribution is -2.49. The minimum absolute atomic E-state index is 0.0904. The van der Waals surface area contributed by atoms with Crippen LogP contribution in [0.2, 0.25) is 0 Å². The van der Waals surface area contributed by atoms with Gasteiger partial charge in [-0.2, -0.15) is 4.98 Å². The Morgan fingerprint density at radius 3 is 2.65 bits per heavy atom. The predicted octanol–water partition coefficient (Wildman–Crippen LogP) is 2.03. The van der Waals surface area contributed by atoms with Gasteiger partial charge < -0.3 is 9.42 Å². The first-order chi connectivity index (χ1) is 11.1. The largest absolute Gasteiger partial charge is 0.341 e. The van der Waals surface area contributed by atoms with Crippen molar-refractivity contribution in [3.05, 3.63) is 11.7 Å². The Morgan fingerprint density at radius 2 is 1.96 bits per heavy atom. The number of likely N-dealkylation sites (N-methyl/N-ethyl adjacent to an activating group) is 1. The normalized spacial score (nSPS) is 24.6. The van der Waals surface area contributed by atoms with Gasteiger partial charge in [-0.05, 0) is 52.1 Å². The number of aromatic nitrogens is 2. The first-order valence-electron chi connectivity index (χ1n) is 8.91. The molecular weight excluding hydrogens is 292 g/mol. The van der Waals surface area contributed by atoms with E-state index in [9.17, 15) is 4.79 Å². The van der Waals surface area contributed by atoms with Gasteiger partial charge in [-0.1, -0.05) is 18.0 Å². The van der Waals surface area contributed by atoms with E-state index in [2.05, 4.69) is 27.0 Å². The first-order valence-corrected chi connectivity index (χ1v) is 8.91. The molecule has 0 unspecified atom stereocenters. The summed E-state index contributed by atoms with van der Waals surface area (Å²) >= 11 is 0. The number of piperidine rings is 1. The molecule has 3 rings (SSSR count). The van der Waals surface area contributed by atoms with E-state index >= 15 is 0 Å². The van der Waals surface area contributed by atoms with Crippen molar-refractivity contribution >= 4 is 5.91 Å². The van der Waals surface area contributed by atoms with Gasteiger partial charge in [0, 0.05) is 19.5 Å². The maximum Gasteiger partial charge on any atom is 0.239 e. The van der Waals surface area contributed by atoms with Gasteiger partial charge in [0.25, 0.3) is 0 Å². The van der Waals surface area contributed by atoms with Gasteiger partial charge in [0.2, 0.25) is 11.8 Å². The number of aryl methyl sites for hydroxylation is 1. The molecule has 6 nitrogen and oxygen atoms in total. The zero-order valence-electron chi connectivity index (χ0n) is 14.3. The van der Waals surface area contributed by atoms with Gasteiger partial charge in [0.05, 0.1) is 6.04 Å². The smallest absolute Gasteiger partial charge is 0.239 e. The van der Waals surface area contributed by atoms with E-state index < -0.39 is 0 Å². The van der Waals surface area contributed by atoms with Crippen LogP contribution in [0.15, 0.2) is 4.52 Å².